The molecule has 0 spiro atoms. The third kappa shape index (κ3) is 6.30. The van der Waals surface area contributed by atoms with Gasteiger partial charge in [-0.1, -0.05) is 25.0 Å². The maximum Gasteiger partial charge on any atom is 0.191 e. The molecule has 1 atom stereocenters. The quantitative estimate of drug-likeness (QED) is 0.274. The lowest BCUT2D eigenvalue weighted by Crippen LogP contribution is -2.45. The lowest BCUT2D eigenvalue weighted by molar-refractivity contribution is 0.242. The smallest absolute Gasteiger partial charge is 0.191 e. The van der Waals surface area contributed by atoms with Gasteiger partial charge in [0, 0.05) is 36.6 Å². The van der Waals surface area contributed by atoms with Crippen LogP contribution < -0.4 is 10.6 Å². The fraction of sp³-hybridized carbons (Fsp3) is 0.650. The van der Waals surface area contributed by atoms with Crippen molar-refractivity contribution >= 4 is 41.7 Å². The van der Waals surface area contributed by atoms with E-state index >= 15 is 0 Å². The molecular formula is C20H33IN4S. The minimum atomic E-state index is 0. The van der Waals surface area contributed by atoms with Crippen molar-refractivity contribution in [3.05, 3.63) is 29.8 Å². The molecule has 1 aromatic rings. The van der Waals surface area contributed by atoms with E-state index in [2.05, 4.69) is 53.0 Å². The molecule has 2 N–H and O–H groups in total. The van der Waals surface area contributed by atoms with Gasteiger partial charge in [0.1, 0.15) is 0 Å². The van der Waals surface area contributed by atoms with Crippen molar-refractivity contribution in [2.75, 3.05) is 25.9 Å². The standard InChI is InChI=1S/C20H32N4S.HI/c1-3-21-20(22-14-16-8-10-19(25-2)11-9-16)23-17-12-13-24(15-17)18-6-4-5-7-18;/h8-11,17-18H,3-7,12-15H2,1-2H3,(H2,21,22,23);1H. The normalized spacial score (nSPS) is 21.6. The lowest BCUT2D eigenvalue weighted by Gasteiger charge is -2.24. The van der Waals surface area contributed by atoms with E-state index in [-0.39, 0.29) is 24.0 Å². The summed E-state index contributed by atoms with van der Waals surface area (Å²) in [6, 6.07) is 10.1. The predicted octanol–water partition coefficient (Wildman–Crippen LogP) is 4.10. The van der Waals surface area contributed by atoms with Gasteiger partial charge in [-0.3, -0.25) is 4.90 Å². The maximum atomic E-state index is 4.79. The second-order valence-corrected chi connectivity index (χ2v) is 7.99. The second kappa shape index (κ2) is 11.4. The summed E-state index contributed by atoms with van der Waals surface area (Å²) in [7, 11) is 0. The Bertz CT molecular complexity index is 557. The van der Waals surface area contributed by atoms with E-state index in [0.717, 1.165) is 31.6 Å². The first kappa shape index (κ1) is 21.8. The van der Waals surface area contributed by atoms with E-state index in [1.165, 1.54) is 49.1 Å². The molecule has 3 rings (SSSR count). The molecular weight excluding hydrogens is 455 g/mol. The van der Waals surface area contributed by atoms with Crippen LogP contribution in [0.4, 0.5) is 0 Å². The van der Waals surface area contributed by atoms with Gasteiger partial charge >= 0.3 is 0 Å². The molecule has 1 aliphatic carbocycles. The number of hydrogen-bond acceptors (Lipinski definition) is 3. The van der Waals surface area contributed by atoms with E-state index in [9.17, 15) is 0 Å². The molecule has 1 heterocycles. The van der Waals surface area contributed by atoms with Crippen LogP contribution in [0.1, 0.15) is 44.6 Å². The van der Waals surface area contributed by atoms with Crippen molar-refractivity contribution in [2.24, 2.45) is 4.99 Å². The summed E-state index contributed by atoms with van der Waals surface area (Å²) in [5.41, 5.74) is 1.26. The van der Waals surface area contributed by atoms with Crippen LogP contribution in [0.2, 0.25) is 0 Å². The molecule has 26 heavy (non-hydrogen) atoms. The number of hydrogen-bond donors (Lipinski definition) is 2. The molecule has 1 aliphatic heterocycles. The zero-order valence-electron chi connectivity index (χ0n) is 16.0. The Morgan fingerprint density at radius 2 is 1.92 bits per heavy atom. The minimum absolute atomic E-state index is 0. The molecule has 2 fully saturated rings. The molecule has 0 radical (unpaired) electrons. The van der Waals surface area contributed by atoms with Crippen LogP contribution in [0.5, 0.6) is 0 Å². The highest BCUT2D eigenvalue weighted by molar-refractivity contribution is 14.0. The SMILES string of the molecule is CCNC(=NCc1ccc(SC)cc1)NC1CCN(C2CCCC2)C1.I. The first-order valence-corrected chi connectivity index (χ1v) is 10.9. The number of rotatable bonds is 6. The summed E-state index contributed by atoms with van der Waals surface area (Å²) in [6.07, 6.45) is 8.96. The Hall–Kier alpha value is -0.470. The zero-order chi connectivity index (χ0) is 17.5. The number of benzene rings is 1. The Kier molecular flexibility index (Phi) is 9.56. The highest BCUT2D eigenvalue weighted by Gasteiger charge is 2.30. The van der Waals surface area contributed by atoms with E-state index in [0.29, 0.717) is 6.04 Å². The average molecular weight is 488 g/mol. The van der Waals surface area contributed by atoms with E-state index in [1.807, 2.05) is 0 Å². The topological polar surface area (TPSA) is 39.7 Å². The first-order valence-electron chi connectivity index (χ1n) is 9.70. The summed E-state index contributed by atoms with van der Waals surface area (Å²) in [6.45, 7) is 6.15. The Morgan fingerprint density at radius 1 is 1.19 bits per heavy atom. The van der Waals surface area contributed by atoms with Crippen LogP contribution >= 0.6 is 35.7 Å². The molecule has 1 unspecified atom stereocenters. The minimum Gasteiger partial charge on any atom is -0.357 e. The molecule has 1 saturated heterocycles. The average Bonchev–Trinajstić information content (AvgIpc) is 3.32. The van der Waals surface area contributed by atoms with Crippen molar-refractivity contribution in [1.29, 1.82) is 0 Å². The second-order valence-electron chi connectivity index (χ2n) is 7.11. The molecule has 2 aliphatic rings. The third-order valence-electron chi connectivity index (χ3n) is 5.32. The van der Waals surface area contributed by atoms with Gasteiger partial charge in [-0.2, -0.15) is 0 Å². The Balaban J connectivity index is 0.00000243. The Morgan fingerprint density at radius 3 is 2.58 bits per heavy atom. The van der Waals surface area contributed by atoms with E-state index in [4.69, 9.17) is 4.99 Å². The van der Waals surface area contributed by atoms with Crippen LogP contribution in [0.3, 0.4) is 0 Å². The van der Waals surface area contributed by atoms with Crippen molar-refractivity contribution < 1.29 is 0 Å². The number of nitrogens with one attached hydrogen (secondary N) is 2. The van der Waals surface area contributed by atoms with Gasteiger partial charge in [0.2, 0.25) is 0 Å². The fourth-order valence-electron chi connectivity index (χ4n) is 3.92. The van der Waals surface area contributed by atoms with Gasteiger partial charge in [0.15, 0.2) is 5.96 Å². The summed E-state index contributed by atoms with van der Waals surface area (Å²) in [5.74, 6) is 0.953. The summed E-state index contributed by atoms with van der Waals surface area (Å²) in [5, 5.41) is 7.06. The van der Waals surface area contributed by atoms with Gasteiger partial charge < -0.3 is 10.6 Å². The maximum absolute atomic E-state index is 4.79. The highest BCUT2D eigenvalue weighted by Crippen LogP contribution is 2.26. The van der Waals surface area contributed by atoms with Gasteiger partial charge in [0.05, 0.1) is 6.54 Å². The monoisotopic (exact) mass is 488 g/mol. The summed E-state index contributed by atoms with van der Waals surface area (Å²) < 4.78 is 0. The summed E-state index contributed by atoms with van der Waals surface area (Å²) in [4.78, 5) is 8.79. The van der Waals surface area contributed by atoms with Crippen LogP contribution in [0.25, 0.3) is 0 Å². The van der Waals surface area contributed by atoms with Crippen molar-refractivity contribution in [1.82, 2.24) is 15.5 Å². The van der Waals surface area contributed by atoms with Crippen LogP contribution in [0, 0.1) is 0 Å². The molecule has 1 aromatic carbocycles. The number of thioether (sulfide) groups is 1. The van der Waals surface area contributed by atoms with Crippen molar-refractivity contribution in [3.63, 3.8) is 0 Å². The molecule has 4 nitrogen and oxygen atoms in total. The van der Waals surface area contributed by atoms with E-state index < -0.39 is 0 Å². The summed E-state index contributed by atoms with van der Waals surface area (Å²) >= 11 is 1.78. The Labute approximate surface area is 180 Å². The van der Waals surface area contributed by atoms with Gasteiger partial charge in [-0.25, -0.2) is 4.99 Å². The van der Waals surface area contributed by atoms with Gasteiger partial charge in [0.25, 0.3) is 0 Å². The molecule has 6 heteroatoms. The molecule has 1 saturated carbocycles. The van der Waals surface area contributed by atoms with Crippen molar-refractivity contribution in [3.8, 4) is 0 Å². The third-order valence-corrected chi connectivity index (χ3v) is 6.07. The van der Waals surface area contributed by atoms with Crippen LogP contribution in [-0.2, 0) is 6.54 Å². The highest BCUT2D eigenvalue weighted by atomic mass is 127. The number of nitrogens with zero attached hydrogens (tertiary/aromatic N) is 2. The lowest BCUT2D eigenvalue weighted by atomic mass is 10.2. The van der Waals surface area contributed by atoms with Crippen LogP contribution in [-0.4, -0.2) is 48.8 Å². The molecule has 0 amide bonds. The van der Waals surface area contributed by atoms with Gasteiger partial charge in [-0.05, 0) is 50.1 Å². The van der Waals surface area contributed by atoms with Crippen molar-refractivity contribution in [2.45, 2.75) is 62.6 Å². The largest absolute Gasteiger partial charge is 0.357 e. The number of aliphatic imine (C=N–C) groups is 1. The van der Waals surface area contributed by atoms with Gasteiger partial charge in [-0.15, -0.1) is 35.7 Å². The van der Waals surface area contributed by atoms with E-state index in [1.54, 1.807) is 11.8 Å². The predicted molar refractivity (Wildman–Crippen MR) is 124 cm³/mol. The first-order chi connectivity index (χ1) is 12.3. The van der Waals surface area contributed by atoms with Crippen LogP contribution in [0.15, 0.2) is 34.2 Å². The number of likely N-dealkylation sites (tertiary alicyclic amines) is 1. The fourth-order valence-corrected chi connectivity index (χ4v) is 4.33. The number of halogens is 1. The molecule has 0 bridgehead atoms. The zero-order valence-corrected chi connectivity index (χ0v) is 19.2. The number of guanidine groups is 1. The molecule has 146 valence electrons. The molecule has 0 aromatic heterocycles.